The van der Waals surface area contributed by atoms with Gasteiger partial charge in [-0.1, -0.05) is 0 Å². The van der Waals surface area contributed by atoms with E-state index >= 15 is 0 Å². The molecule has 2 unspecified atom stereocenters. The van der Waals surface area contributed by atoms with Crippen molar-refractivity contribution in [2.45, 2.75) is 36.2 Å². The SMILES string of the molecule is Nc1cc(S(=O)(=O)NC2CCN3CCCC23)ccc1F. The highest BCUT2D eigenvalue weighted by molar-refractivity contribution is 7.89. The Balaban J connectivity index is 1.80. The summed E-state index contributed by atoms with van der Waals surface area (Å²) in [4.78, 5) is 2.35. The summed E-state index contributed by atoms with van der Waals surface area (Å²) in [7, 11) is -3.64. The van der Waals surface area contributed by atoms with Crippen molar-refractivity contribution in [1.82, 2.24) is 9.62 Å². The van der Waals surface area contributed by atoms with E-state index in [0.29, 0.717) is 6.04 Å². The van der Waals surface area contributed by atoms with Crippen LogP contribution < -0.4 is 10.5 Å². The highest BCUT2D eigenvalue weighted by atomic mass is 32.2. The van der Waals surface area contributed by atoms with Crippen LogP contribution in [0.2, 0.25) is 0 Å². The zero-order chi connectivity index (χ0) is 14.3. The molecular formula is C13H18FN3O2S. The van der Waals surface area contributed by atoms with Crippen LogP contribution >= 0.6 is 0 Å². The lowest BCUT2D eigenvalue weighted by Crippen LogP contribution is -2.42. The molecule has 3 rings (SSSR count). The van der Waals surface area contributed by atoms with Crippen LogP contribution in [-0.2, 0) is 10.0 Å². The molecule has 1 aromatic rings. The molecule has 2 heterocycles. The summed E-state index contributed by atoms with van der Waals surface area (Å²) in [5.41, 5.74) is 5.28. The molecule has 2 aliphatic heterocycles. The Hall–Kier alpha value is -1.18. The summed E-state index contributed by atoms with van der Waals surface area (Å²) in [6, 6.07) is 3.73. The molecule has 0 saturated carbocycles. The molecule has 0 radical (unpaired) electrons. The number of nitrogens with zero attached hydrogens (tertiary/aromatic N) is 1. The van der Waals surface area contributed by atoms with Crippen molar-refractivity contribution in [1.29, 1.82) is 0 Å². The maximum absolute atomic E-state index is 13.1. The second-order valence-corrected chi connectivity index (χ2v) is 7.16. The maximum Gasteiger partial charge on any atom is 0.240 e. The summed E-state index contributed by atoms with van der Waals surface area (Å²) in [6.07, 6.45) is 2.96. The van der Waals surface area contributed by atoms with Gasteiger partial charge >= 0.3 is 0 Å². The summed E-state index contributed by atoms with van der Waals surface area (Å²) in [5, 5.41) is 0. The average molecular weight is 299 g/mol. The van der Waals surface area contributed by atoms with E-state index in [4.69, 9.17) is 5.73 Å². The fourth-order valence-corrected chi connectivity index (χ4v) is 4.52. The van der Waals surface area contributed by atoms with Gasteiger partial charge in [-0.25, -0.2) is 17.5 Å². The van der Waals surface area contributed by atoms with Gasteiger partial charge in [0.2, 0.25) is 10.0 Å². The molecule has 0 aromatic heterocycles. The lowest BCUT2D eigenvalue weighted by molar-refractivity contribution is 0.309. The second-order valence-electron chi connectivity index (χ2n) is 5.45. The number of benzene rings is 1. The highest BCUT2D eigenvalue weighted by Gasteiger charge is 2.39. The Kier molecular flexibility index (Phi) is 3.43. The molecule has 0 spiro atoms. The Morgan fingerprint density at radius 2 is 2.10 bits per heavy atom. The van der Waals surface area contributed by atoms with Crippen molar-refractivity contribution in [2.75, 3.05) is 18.8 Å². The minimum atomic E-state index is -3.64. The first kappa shape index (κ1) is 13.8. The number of nitrogens with two attached hydrogens (primary N) is 1. The third kappa shape index (κ3) is 2.41. The predicted molar refractivity (Wildman–Crippen MR) is 74.1 cm³/mol. The van der Waals surface area contributed by atoms with Gasteiger partial charge in [0, 0.05) is 18.6 Å². The summed E-state index contributed by atoms with van der Waals surface area (Å²) < 4.78 is 40.5. The number of nitrogens with one attached hydrogen (secondary N) is 1. The van der Waals surface area contributed by atoms with Crippen LogP contribution in [0, 0.1) is 5.82 Å². The molecule has 0 amide bonds. The van der Waals surface area contributed by atoms with Crippen molar-refractivity contribution in [2.24, 2.45) is 0 Å². The molecule has 5 nitrogen and oxygen atoms in total. The van der Waals surface area contributed by atoms with Crippen LogP contribution in [0.15, 0.2) is 23.1 Å². The number of rotatable bonds is 3. The minimum absolute atomic E-state index is 0.0212. The van der Waals surface area contributed by atoms with Crippen molar-refractivity contribution in [3.63, 3.8) is 0 Å². The van der Waals surface area contributed by atoms with Gasteiger partial charge in [-0.3, -0.25) is 4.90 Å². The van der Waals surface area contributed by atoms with Gasteiger partial charge in [-0.15, -0.1) is 0 Å². The standard InChI is InChI=1S/C13H18FN3O2S/c14-10-4-3-9(8-11(10)15)20(18,19)16-12-5-7-17-6-1-2-13(12)17/h3-4,8,12-13,16H,1-2,5-7,15H2. The maximum atomic E-state index is 13.1. The third-order valence-corrected chi connectivity index (χ3v) is 5.68. The second kappa shape index (κ2) is 4.98. The molecule has 0 bridgehead atoms. The minimum Gasteiger partial charge on any atom is -0.396 e. The summed E-state index contributed by atoms with van der Waals surface area (Å²) in [6.45, 7) is 1.98. The lowest BCUT2D eigenvalue weighted by Gasteiger charge is -2.21. The molecule has 0 aliphatic carbocycles. The molecule has 1 aromatic carbocycles. The van der Waals surface area contributed by atoms with E-state index in [2.05, 4.69) is 9.62 Å². The molecule has 2 saturated heterocycles. The third-order valence-electron chi connectivity index (χ3n) is 4.19. The van der Waals surface area contributed by atoms with E-state index in [9.17, 15) is 12.8 Å². The largest absolute Gasteiger partial charge is 0.396 e. The first-order chi connectivity index (χ1) is 9.47. The van der Waals surface area contributed by atoms with Crippen LogP contribution in [0.1, 0.15) is 19.3 Å². The van der Waals surface area contributed by atoms with Crippen LogP contribution in [0.3, 0.4) is 0 Å². The van der Waals surface area contributed by atoms with Crippen molar-refractivity contribution < 1.29 is 12.8 Å². The van der Waals surface area contributed by atoms with Gasteiger partial charge < -0.3 is 5.73 Å². The number of halogens is 1. The van der Waals surface area contributed by atoms with Gasteiger partial charge in [0.15, 0.2) is 0 Å². The van der Waals surface area contributed by atoms with Crippen molar-refractivity contribution in [3.8, 4) is 0 Å². The number of sulfonamides is 1. The average Bonchev–Trinajstić information content (AvgIpc) is 2.97. The van der Waals surface area contributed by atoms with Crippen LogP contribution in [0.25, 0.3) is 0 Å². The molecule has 20 heavy (non-hydrogen) atoms. The topological polar surface area (TPSA) is 75.4 Å². The van der Waals surface area contributed by atoms with Crippen LogP contribution in [0.5, 0.6) is 0 Å². The van der Waals surface area contributed by atoms with Crippen molar-refractivity contribution in [3.05, 3.63) is 24.0 Å². The number of fused-ring (bicyclic) bond motifs is 1. The Labute approximate surface area is 118 Å². The van der Waals surface area contributed by atoms with E-state index in [1.54, 1.807) is 0 Å². The number of nitrogen functional groups attached to an aromatic ring is 1. The van der Waals surface area contributed by atoms with E-state index in [-0.39, 0.29) is 16.6 Å². The molecule has 2 aliphatic rings. The van der Waals surface area contributed by atoms with Gasteiger partial charge in [-0.2, -0.15) is 0 Å². The van der Waals surface area contributed by atoms with E-state index in [0.717, 1.165) is 38.4 Å². The highest BCUT2D eigenvalue weighted by Crippen LogP contribution is 2.29. The fraction of sp³-hybridized carbons (Fsp3) is 0.538. The van der Waals surface area contributed by atoms with Gasteiger partial charge in [0.05, 0.1) is 10.6 Å². The zero-order valence-electron chi connectivity index (χ0n) is 11.0. The zero-order valence-corrected chi connectivity index (χ0v) is 11.9. The van der Waals surface area contributed by atoms with Gasteiger partial charge in [0.1, 0.15) is 5.82 Å². The molecular weight excluding hydrogens is 281 g/mol. The normalized spacial score (nSPS) is 26.9. The van der Waals surface area contributed by atoms with Gasteiger partial charge in [-0.05, 0) is 44.0 Å². The van der Waals surface area contributed by atoms with Crippen LogP contribution in [0.4, 0.5) is 10.1 Å². The van der Waals surface area contributed by atoms with E-state index < -0.39 is 15.8 Å². The lowest BCUT2D eigenvalue weighted by atomic mass is 10.1. The van der Waals surface area contributed by atoms with Crippen LogP contribution in [-0.4, -0.2) is 38.5 Å². The molecule has 7 heteroatoms. The first-order valence-corrected chi connectivity index (χ1v) is 8.27. The molecule has 3 N–H and O–H groups in total. The smallest absolute Gasteiger partial charge is 0.240 e. The monoisotopic (exact) mass is 299 g/mol. The predicted octanol–water partition coefficient (Wildman–Crippen LogP) is 0.923. The molecule has 2 fully saturated rings. The quantitative estimate of drug-likeness (QED) is 0.814. The van der Waals surface area contributed by atoms with E-state index in [1.807, 2.05) is 0 Å². The van der Waals surface area contributed by atoms with Gasteiger partial charge in [0.25, 0.3) is 0 Å². The Morgan fingerprint density at radius 3 is 2.85 bits per heavy atom. The summed E-state index contributed by atoms with van der Waals surface area (Å²) in [5.74, 6) is -0.605. The number of anilines is 1. The number of hydrogen-bond acceptors (Lipinski definition) is 4. The molecule has 110 valence electrons. The summed E-state index contributed by atoms with van der Waals surface area (Å²) >= 11 is 0. The Bertz CT molecular complexity index is 620. The number of hydrogen-bond donors (Lipinski definition) is 2. The Morgan fingerprint density at radius 1 is 1.30 bits per heavy atom. The van der Waals surface area contributed by atoms with E-state index in [1.165, 1.54) is 12.1 Å². The fourth-order valence-electron chi connectivity index (χ4n) is 3.18. The first-order valence-electron chi connectivity index (χ1n) is 6.79. The van der Waals surface area contributed by atoms with Crippen molar-refractivity contribution >= 4 is 15.7 Å². The molecule has 2 atom stereocenters.